The average Bonchev–Trinajstić information content (AvgIpc) is 2.55. The molecule has 0 saturated heterocycles. The molecule has 3 heteroatoms. The highest BCUT2D eigenvalue weighted by Crippen LogP contribution is 2.32. The van der Waals surface area contributed by atoms with Crippen molar-refractivity contribution in [2.24, 2.45) is 5.73 Å². The minimum Gasteiger partial charge on any atom is -0.334 e. The Hall–Kier alpha value is -2.13. The fourth-order valence-electron chi connectivity index (χ4n) is 3.23. The molecule has 0 bridgehead atoms. The summed E-state index contributed by atoms with van der Waals surface area (Å²) in [5.74, 6) is 0.0374. The summed E-state index contributed by atoms with van der Waals surface area (Å²) in [7, 11) is 0. The molecule has 2 N–H and O–H groups in total. The van der Waals surface area contributed by atoms with Crippen LogP contribution in [0.25, 0.3) is 0 Å². The van der Waals surface area contributed by atoms with Crippen molar-refractivity contribution in [2.45, 2.75) is 31.8 Å². The van der Waals surface area contributed by atoms with E-state index in [9.17, 15) is 4.79 Å². The highest BCUT2D eigenvalue weighted by atomic mass is 16.2. The quantitative estimate of drug-likeness (QED) is 0.946. The topological polar surface area (TPSA) is 46.3 Å². The van der Waals surface area contributed by atoms with Gasteiger partial charge in [-0.25, -0.2) is 0 Å². The highest BCUT2D eigenvalue weighted by molar-refractivity contribution is 5.82. The molecule has 2 aromatic carbocycles. The third kappa shape index (κ3) is 2.90. The van der Waals surface area contributed by atoms with Gasteiger partial charge in [-0.15, -0.1) is 0 Å². The van der Waals surface area contributed by atoms with Crippen molar-refractivity contribution in [1.82, 2.24) is 4.90 Å². The maximum atomic E-state index is 12.5. The Morgan fingerprint density at radius 1 is 1.18 bits per heavy atom. The molecule has 2 aromatic rings. The predicted octanol–water partition coefficient (Wildman–Crippen LogP) is 2.70. The molecule has 2 atom stereocenters. The summed E-state index contributed by atoms with van der Waals surface area (Å²) in [5, 5.41) is 0. The first-order valence-electron chi connectivity index (χ1n) is 7.84. The summed E-state index contributed by atoms with van der Waals surface area (Å²) in [4.78, 5) is 14.5. The van der Waals surface area contributed by atoms with Gasteiger partial charge in [0.25, 0.3) is 0 Å². The van der Waals surface area contributed by atoms with Gasteiger partial charge in [-0.2, -0.15) is 0 Å². The fourth-order valence-corrected chi connectivity index (χ4v) is 3.23. The van der Waals surface area contributed by atoms with Crippen LogP contribution in [0, 0.1) is 0 Å². The van der Waals surface area contributed by atoms with Crippen molar-refractivity contribution in [3.05, 3.63) is 71.3 Å². The lowest BCUT2D eigenvalue weighted by molar-refractivity contribution is -0.135. The second-order valence-corrected chi connectivity index (χ2v) is 5.97. The molecule has 1 heterocycles. The molecule has 1 aliphatic heterocycles. The zero-order valence-corrected chi connectivity index (χ0v) is 12.9. The van der Waals surface area contributed by atoms with Crippen LogP contribution in [-0.4, -0.2) is 23.4 Å². The number of fused-ring (bicyclic) bond motifs is 1. The third-order valence-electron chi connectivity index (χ3n) is 4.36. The van der Waals surface area contributed by atoms with E-state index in [1.807, 2.05) is 23.1 Å². The van der Waals surface area contributed by atoms with Gasteiger partial charge in [0, 0.05) is 6.54 Å². The molecule has 0 saturated carbocycles. The normalized spacial score (nSPS) is 18.6. The minimum atomic E-state index is -0.455. The van der Waals surface area contributed by atoms with Gasteiger partial charge < -0.3 is 10.6 Å². The molecule has 0 radical (unpaired) electrons. The number of hydrogen-bond acceptors (Lipinski definition) is 2. The maximum Gasteiger partial charge on any atom is 0.239 e. The van der Waals surface area contributed by atoms with Crippen LogP contribution >= 0.6 is 0 Å². The molecule has 1 amide bonds. The Labute approximate surface area is 131 Å². The Bertz CT molecular complexity index is 651. The molecule has 3 nitrogen and oxygen atoms in total. The van der Waals surface area contributed by atoms with Gasteiger partial charge in [0.1, 0.15) is 0 Å². The summed E-state index contributed by atoms with van der Waals surface area (Å²) >= 11 is 0. The van der Waals surface area contributed by atoms with Crippen LogP contribution in [-0.2, 0) is 17.6 Å². The van der Waals surface area contributed by atoms with Crippen LogP contribution in [0.15, 0.2) is 54.6 Å². The van der Waals surface area contributed by atoms with E-state index in [1.165, 1.54) is 16.7 Å². The number of rotatable bonds is 3. The molecule has 0 spiro atoms. The van der Waals surface area contributed by atoms with Crippen molar-refractivity contribution in [1.29, 1.82) is 0 Å². The zero-order valence-electron chi connectivity index (χ0n) is 12.9. The molecule has 0 fully saturated rings. The first kappa shape index (κ1) is 14.8. The van der Waals surface area contributed by atoms with E-state index in [4.69, 9.17) is 5.73 Å². The van der Waals surface area contributed by atoms with E-state index in [0.29, 0.717) is 0 Å². The van der Waals surface area contributed by atoms with Gasteiger partial charge in [-0.05, 0) is 36.5 Å². The van der Waals surface area contributed by atoms with E-state index in [-0.39, 0.29) is 11.9 Å². The van der Waals surface area contributed by atoms with Crippen LogP contribution in [0.5, 0.6) is 0 Å². The molecule has 114 valence electrons. The van der Waals surface area contributed by atoms with E-state index in [0.717, 1.165) is 19.4 Å². The van der Waals surface area contributed by atoms with Crippen molar-refractivity contribution in [2.75, 3.05) is 6.54 Å². The molecule has 1 aliphatic rings. The second kappa shape index (κ2) is 6.32. The van der Waals surface area contributed by atoms with E-state index >= 15 is 0 Å². The van der Waals surface area contributed by atoms with Gasteiger partial charge in [0.2, 0.25) is 5.91 Å². The average molecular weight is 294 g/mol. The van der Waals surface area contributed by atoms with Crippen molar-refractivity contribution >= 4 is 5.91 Å². The van der Waals surface area contributed by atoms with Crippen molar-refractivity contribution < 1.29 is 4.79 Å². The monoisotopic (exact) mass is 294 g/mol. The number of carbonyl (C=O) groups excluding carboxylic acids is 1. The molecular formula is C19H22N2O. The Morgan fingerprint density at radius 3 is 2.59 bits per heavy atom. The van der Waals surface area contributed by atoms with Crippen LogP contribution < -0.4 is 5.73 Å². The molecule has 0 aliphatic carbocycles. The first-order chi connectivity index (χ1) is 10.7. The van der Waals surface area contributed by atoms with Crippen LogP contribution in [0.3, 0.4) is 0 Å². The van der Waals surface area contributed by atoms with Gasteiger partial charge in [-0.1, -0.05) is 54.6 Å². The first-order valence-corrected chi connectivity index (χ1v) is 7.84. The molecule has 0 aromatic heterocycles. The van der Waals surface area contributed by atoms with E-state index < -0.39 is 6.04 Å². The molecule has 22 heavy (non-hydrogen) atoms. The fraction of sp³-hybridized carbons (Fsp3) is 0.316. The Kier molecular flexibility index (Phi) is 4.25. The largest absolute Gasteiger partial charge is 0.334 e. The van der Waals surface area contributed by atoms with Crippen molar-refractivity contribution in [3.8, 4) is 0 Å². The SMILES string of the molecule is CC(N)C(=O)N1CCc2ccccc2C1Cc1ccccc1. The summed E-state index contributed by atoms with van der Waals surface area (Å²) in [6, 6.07) is 18.4. The lowest BCUT2D eigenvalue weighted by atomic mass is 9.88. The number of nitrogens with two attached hydrogens (primary N) is 1. The number of nitrogens with zero attached hydrogens (tertiary/aromatic N) is 1. The molecule has 2 unspecified atom stereocenters. The zero-order chi connectivity index (χ0) is 15.5. The summed E-state index contributed by atoms with van der Waals surface area (Å²) in [6.45, 7) is 2.51. The minimum absolute atomic E-state index is 0.0374. The Morgan fingerprint density at radius 2 is 1.86 bits per heavy atom. The van der Waals surface area contributed by atoms with Gasteiger partial charge in [0.05, 0.1) is 12.1 Å². The maximum absolute atomic E-state index is 12.5. The smallest absolute Gasteiger partial charge is 0.239 e. The van der Waals surface area contributed by atoms with Gasteiger partial charge in [0.15, 0.2) is 0 Å². The summed E-state index contributed by atoms with van der Waals surface area (Å²) in [5.41, 5.74) is 9.69. The predicted molar refractivity (Wildman–Crippen MR) is 88.4 cm³/mol. The summed E-state index contributed by atoms with van der Waals surface area (Å²) < 4.78 is 0. The van der Waals surface area contributed by atoms with Crippen LogP contribution in [0.4, 0.5) is 0 Å². The highest BCUT2D eigenvalue weighted by Gasteiger charge is 2.31. The number of benzene rings is 2. The summed E-state index contributed by atoms with van der Waals surface area (Å²) in [6.07, 6.45) is 1.73. The van der Waals surface area contributed by atoms with Gasteiger partial charge >= 0.3 is 0 Å². The Balaban J connectivity index is 1.96. The van der Waals surface area contributed by atoms with E-state index in [1.54, 1.807) is 6.92 Å². The van der Waals surface area contributed by atoms with E-state index in [2.05, 4.69) is 36.4 Å². The van der Waals surface area contributed by atoms with Crippen molar-refractivity contribution in [3.63, 3.8) is 0 Å². The van der Waals surface area contributed by atoms with Crippen LogP contribution in [0.1, 0.15) is 29.7 Å². The molecular weight excluding hydrogens is 272 g/mol. The second-order valence-electron chi connectivity index (χ2n) is 5.97. The lowest BCUT2D eigenvalue weighted by Crippen LogP contribution is -2.47. The van der Waals surface area contributed by atoms with Crippen LogP contribution in [0.2, 0.25) is 0 Å². The molecule has 3 rings (SSSR count). The third-order valence-corrected chi connectivity index (χ3v) is 4.36. The number of amides is 1. The number of hydrogen-bond donors (Lipinski definition) is 1. The van der Waals surface area contributed by atoms with Gasteiger partial charge in [-0.3, -0.25) is 4.79 Å². The lowest BCUT2D eigenvalue weighted by Gasteiger charge is -2.38. The number of carbonyl (C=O) groups is 1. The standard InChI is InChI=1S/C19H22N2O/c1-14(20)19(22)21-12-11-16-9-5-6-10-17(16)18(21)13-15-7-3-2-4-8-15/h2-10,14,18H,11-13,20H2,1H3.